The first-order chi connectivity index (χ1) is 15.5. The molecular weight excluding hydrogens is 468 g/mol. The van der Waals surface area contributed by atoms with Crippen LogP contribution in [0.1, 0.15) is 30.0 Å². The Balaban J connectivity index is 1.56. The number of imide groups is 1. The van der Waals surface area contributed by atoms with E-state index >= 15 is 0 Å². The summed E-state index contributed by atoms with van der Waals surface area (Å²) in [5.74, 6) is 0.397. The fourth-order valence-electron chi connectivity index (χ4n) is 5.85. The summed E-state index contributed by atoms with van der Waals surface area (Å²) in [6.07, 6.45) is 0. The number of anilines is 1. The monoisotopic (exact) mass is 488 g/mol. The lowest BCUT2D eigenvalue weighted by Crippen LogP contribution is -2.46. The minimum absolute atomic E-state index is 0.0164. The number of halogens is 1. The number of hydrogen-bond donors (Lipinski definition) is 0. The fourth-order valence-corrected chi connectivity index (χ4v) is 6.12. The van der Waals surface area contributed by atoms with Gasteiger partial charge in [0.1, 0.15) is 11.3 Å². The zero-order valence-corrected chi connectivity index (χ0v) is 19.0. The summed E-state index contributed by atoms with van der Waals surface area (Å²) in [7, 11) is 0. The molecule has 3 unspecified atom stereocenters. The molecule has 0 spiro atoms. The molecule has 2 fully saturated rings. The molecule has 3 heterocycles. The van der Waals surface area contributed by atoms with Gasteiger partial charge in [-0.1, -0.05) is 64.5 Å². The molecule has 0 bridgehead atoms. The predicted molar refractivity (Wildman–Crippen MR) is 125 cm³/mol. The van der Waals surface area contributed by atoms with Crippen LogP contribution >= 0.6 is 15.9 Å². The van der Waals surface area contributed by atoms with E-state index in [1.54, 1.807) is 12.1 Å². The van der Waals surface area contributed by atoms with E-state index < -0.39 is 5.54 Å². The van der Waals surface area contributed by atoms with Gasteiger partial charge in [-0.05, 0) is 42.8 Å². The van der Waals surface area contributed by atoms with Crippen LogP contribution in [-0.4, -0.2) is 29.0 Å². The van der Waals surface area contributed by atoms with Crippen molar-refractivity contribution in [2.45, 2.75) is 24.4 Å². The first-order valence-electron chi connectivity index (χ1n) is 10.7. The van der Waals surface area contributed by atoms with Crippen LogP contribution in [-0.2, 0) is 4.79 Å². The molecule has 3 aromatic rings. The van der Waals surface area contributed by atoms with Gasteiger partial charge in [-0.15, -0.1) is 0 Å². The second-order valence-corrected chi connectivity index (χ2v) is 9.68. The van der Waals surface area contributed by atoms with E-state index in [1.165, 1.54) is 4.90 Å². The van der Waals surface area contributed by atoms with Crippen LogP contribution in [0.25, 0.3) is 0 Å². The summed E-state index contributed by atoms with van der Waals surface area (Å²) in [5, 5.41) is 0. The van der Waals surface area contributed by atoms with Crippen molar-refractivity contribution < 1.29 is 14.3 Å². The average molecular weight is 489 g/mol. The lowest BCUT2D eigenvalue weighted by molar-refractivity contribution is -0.124. The number of ether oxygens (including phenoxy) is 1. The van der Waals surface area contributed by atoms with Crippen molar-refractivity contribution in [3.05, 3.63) is 94.5 Å². The highest BCUT2D eigenvalue weighted by molar-refractivity contribution is 9.10. The van der Waals surface area contributed by atoms with E-state index in [0.29, 0.717) is 12.3 Å². The summed E-state index contributed by atoms with van der Waals surface area (Å²) in [6, 6.07) is 24.7. The Kier molecular flexibility index (Phi) is 4.24. The molecule has 6 rings (SSSR count). The van der Waals surface area contributed by atoms with Crippen molar-refractivity contribution in [2.24, 2.45) is 5.92 Å². The molecule has 3 aliphatic heterocycles. The molecule has 32 heavy (non-hydrogen) atoms. The van der Waals surface area contributed by atoms with Crippen molar-refractivity contribution in [2.75, 3.05) is 11.5 Å². The molecule has 5 nitrogen and oxygen atoms in total. The summed E-state index contributed by atoms with van der Waals surface area (Å²) < 4.78 is 7.02. The number of hydrogen-bond acceptors (Lipinski definition) is 3. The van der Waals surface area contributed by atoms with Gasteiger partial charge in [0.15, 0.2) is 0 Å². The molecule has 0 aliphatic carbocycles. The Bertz CT molecular complexity index is 1230. The maximum absolute atomic E-state index is 14.1. The number of fused-ring (bicyclic) bond motifs is 5. The Morgan fingerprint density at radius 3 is 2.38 bits per heavy atom. The third-order valence-corrected chi connectivity index (χ3v) is 7.69. The van der Waals surface area contributed by atoms with Crippen LogP contribution in [0.15, 0.2) is 83.3 Å². The van der Waals surface area contributed by atoms with Gasteiger partial charge in [0.2, 0.25) is 0 Å². The molecule has 0 aromatic heterocycles. The van der Waals surface area contributed by atoms with E-state index in [0.717, 1.165) is 21.3 Å². The summed E-state index contributed by atoms with van der Waals surface area (Å²) >= 11 is 3.43. The van der Waals surface area contributed by atoms with Crippen LogP contribution in [0.5, 0.6) is 5.75 Å². The van der Waals surface area contributed by atoms with E-state index in [1.807, 2.05) is 66.4 Å². The molecule has 3 aromatic carbocycles. The van der Waals surface area contributed by atoms with Crippen LogP contribution in [0.3, 0.4) is 0 Å². The van der Waals surface area contributed by atoms with Crippen molar-refractivity contribution in [3.63, 3.8) is 0 Å². The molecule has 0 N–H and O–H groups in total. The Morgan fingerprint density at radius 2 is 1.62 bits per heavy atom. The van der Waals surface area contributed by atoms with Crippen LogP contribution < -0.4 is 9.64 Å². The Morgan fingerprint density at radius 1 is 0.938 bits per heavy atom. The standard InChI is InChI=1S/C26H21BrN2O3/c1-26-22(16-7-3-2-4-8-16)20-15-32-21-10-6-5-9-19(21)23(20)29(26)25(31)28(24(26)30)18-13-11-17(27)12-14-18/h2-14,20,22-23H,15H2,1H3/t20?,22?,23?,26-/m0/s1. The third-order valence-electron chi connectivity index (χ3n) is 7.16. The van der Waals surface area contributed by atoms with Gasteiger partial charge in [-0.2, -0.15) is 0 Å². The highest BCUT2D eigenvalue weighted by Crippen LogP contribution is 2.61. The van der Waals surface area contributed by atoms with Crippen LogP contribution in [0.4, 0.5) is 10.5 Å². The van der Waals surface area contributed by atoms with Crippen molar-refractivity contribution in [3.8, 4) is 5.75 Å². The molecule has 0 radical (unpaired) electrons. The minimum Gasteiger partial charge on any atom is -0.493 e. The largest absolute Gasteiger partial charge is 0.493 e. The zero-order valence-electron chi connectivity index (χ0n) is 17.4. The lowest BCUT2D eigenvalue weighted by Gasteiger charge is -2.34. The van der Waals surface area contributed by atoms with Gasteiger partial charge in [0.05, 0.1) is 18.3 Å². The van der Waals surface area contributed by atoms with Crippen LogP contribution in [0.2, 0.25) is 0 Å². The summed E-state index contributed by atoms with van der Waals surface area (Å²) in [4.78, 5) is 31.1. The van der Waals surface area contributed by atoms with Crippen molar-refractivity contribution in [1.29, 1.82) is 0 Å². The van der Waals surface area contributed by atoms with Crippen LogP contribution in [0, 0.1) is 5.92 Å². The second kappa shape index (κ2) is 6.94. The van der Waals surface area contributed by atoms with Crippen molar-refractivity contribution >= 4 is 33.6 Å². The highest BCUT2D eigenvalue weighted by Gasteiger charge is 2.70. The first kappa shape index (κ1) is 19.6. The van der Waals surface area contributed by atoms with E-state index in [-0.39, 0.29) is 29.8 Å². The number of benzene rings is 3. The summed E-state index contributed by atoms with van der Waals surface area (Å²) in [6.45, 7) is 2.39. The fraction of sp³-hybridized carbons (Fsp3) is 0.231. The third kappa shape index (κ3) is 2.50. The SMILES string of the molecule is C[C@]12C(=O)N(c3ccc(Br)cc3)C(=O)N1C1c3ccccc3OCC1C2c1ccccc1. The Labute approximate surface area is 194 Å². The van der Waals surface area contributed by atoms with E-state index in [4.69, 9.17) is 4.74 Å². The Hall–Kier alpha value is -3.12. The molecule has 3 aliphatic rings. The minimum atomic E-state index is -1.01. The van der Waals surface area contributed by atoms with Gasteiger partial charge in [-0.25, -0.2) is 9.69 Å². The number of nitrogens with zero attached hydrogens (tertiary/aromatic N) is 2. The normalized spacial score (nSPS) is 28.2. The number of carbonyl (C=O) groups is 2. The van der Waals surface area contributed by atoms with E-state index in [9.17, 15) is 9.59 Å². The smallest absolute Gasteiger partial charge is 0.332 e. The van der Waals surface area contributed by atoms with Gasteiger partial charge in [-0.3, -0.25) is 4.79 Å². The van der Waals surface area contributed by atoms with Crippen molar-refractivity contribution in [1.82, 2.24) is 4.90 Å². The predicted octanol–water partition coefficient (Wildman–Crippen LogP) is 5.52. The van der Waals surface area contributed by atoms with Gasteiger partial charge < -0.3 is 9.64 Å². The molecule has 2 saturated heterocycles. The molecule has 6 heteroatoms. The molecule has 4 atom stereocenters. The molecule has 0 saturated carbocycles. The molecule has 160 valence electrons. The van der Waals surface area contributed by atoms with Gasteiger partial charge in [0.25, 0.3) is 5.91 Å². The van der Waals surface area contributed by atoms with Gasteiger partial charge in [0, 0.05) is 21.9 Å². The maximum atomic E-state index is 14.1. The lowest BCUT2D eigenvalue weighted by atomic mass is 9.73. The van der Waals surface area contributed by atoms with E-state index in [2.05, 4.69) is 28.1 Å². The molecular formula is C26H21BrN2O3. The zero-order chi connectivity index (χ0) is 22.0. The topological polar surface area (TPSA) is 49.9 Å². The first-order valence-corrected chi connectivity index (χ1v) is 11.5. The number of carbonyl (C=O) groups excluding carboxylic acids is 2. The molecule has 3 amide bonds. The summed E-state index contributed by atoms with van der Waals surface area (Å²) in [5.41, 5.74) is 1.59. The highest BCUT2D eigenvalue weighted by atomic mass is 79.9. The van der Waals surface area contributed by atoms with Gasteiger partial charge >= 0.3 is 6.03 Å². The quantitative estimate of drug-likeness (QED) is 0.446. The second-order valence-electron chi connectivity index (χ2n) is 8.76. The number of amides is 3. The number of rotatable bonds is 2. The maximum Gasteiger partial charge on any atom is 0.332 e. The average Bonchev–Trinajstić information content (AvgIpc) is 3.20. The number of urea groups is 1. The number of para-hydroxylation sites is 1.